The lowest BCUT2D eigenvalue weighted by Crippen LogP contribution is -2.01. The van der Waals surface area contributed by atoms with Crippen molar-refractivity contribution in [1.29, 1.82) is 5.26 Å². The number of unbranched alkanes of at least 4 members (excludes halogenated alkanes) is 3. The molecule has 0 unspecified atom stereocenters. The van der Waals surface area contributed by atoms with Crippen molar-refractivity contribution in [3.05, 3.63) is 63.7 Å². The second kappa shape index (κ2) is 10.7. The van der Waals surface area contributed by atoms with E-state index in [4.69, 9.17) is 9.47 Å². The Balaban J connectivity index is 2.30. The monoisotopic (exact) mass is 380 g/mol. The normalized spacial score (nSPS) is 11.0. The van der Waals surface area contributed by atoms with Gasteiger partial charge in [-0.25, -0.2) is 0 Å². The van der Waals surface area contributed by atoms with Crippen LogP contribution in [0.3, 0.4) is 0 Å². The largest absolute Gasteiger partial charge is 0.493 e. The number of nitro benzene ring substituents is 1. The summed E-state index contributed by atoms with van der Waals surface area (Å²) < 4.78 is 11.4. The van der Waals surface area contributed by atoms with Crippen LogP contribution in [0, 0.1) is 21.4 Å². The second-order valence-corrected chi connectivity index (χ2v) is 6.26. The Labute approximate surface area is 165 Å². The SMILES string of the molecule is CCCCCCOc1c(C=C(C#N)c2ccc([N+](=O)[O-])cc2)cccc1OC. The highest BCUT2D eigenvalue weighted by Gasteiger charge is 2.12. The molecule has 0 aromatic heterocycles. The van der Waals surface area contributed by atoms with E-state index >= 15 is 0 Å². The van der Waals surface area contributed by atoms with Crippen molar-refractivity contribution >= 4 is 17.3 Å². The molecule has 0 amide bonds. The van der Waals surface area contributed by atoms with Crippen molar-refractivity contribution in [1.82, 2.24) is 0 Å². The van der Waals surface area contributed by atoms with Gasteiger partial charge >= 0.3 is 0 Å². The minimum Gasteiger partial charge on any atom is -0.493 e. The molecule has 2 aromatic rings. The van der Waals surface area contributed by atoms with E-state index in [9.17, 15) is 15.4 Å². The van der Waals surface area contributed by atoms with E-state index < -0.39 is 4.92 Å². The number of nitro groups is 1. The van der Waals surface area contributed by atoms with Gasteiger partial charge in [-0.3, -0.25) is 10.1 Å². The minimum absolute atomic E-state index is 0.0153. The average molecular weight is 380 g/mol. The van der Waals surface area contributed by atoms with E-state index in [-0.39, 0.29) is 5.69 Å². The summed E-state index contributed by atoms with van der Waals surface area (Å²) in [6.07, 6.45) is 6.08. The van der Waals surface area contributed by atoms with Gasteiger partial charge in [-0.2, -0.15) is 5.26 Å². The van der Waals surface area contributed by atoms with Crippen LogP contribution in [0.15, 0.2) is 42.5 Å². The van der Waals surface area contributed by atoms with Gasteiger partial charge in [0.1, 0.15) is 0 Å². The maximum absolute atomic E-state index is 10.8. The predicted molar refractivity (Wildman–Crippen MR) is 109 cm³/mol. The smallest absolute Gasteiger partial charge is 0.269 e. The Bertz CT molecular complexity index is 867. The maximum Gasteiger partial charge on any atom is 0.269 e. The maximum atomic E-state index is 10.8. The molecule has 0 bridgehead atoms. The molecule has 0 N–H and O–H groups in total. The molecule has 2 rings (SSSR count). The number of methoxy groups -OCH3 is 1. The van der Waals surface area contributed by atoms with Gasteiger partial charge in [0.15, 0.2) is 11.5 Å². The first-order valence-electron chi connectivity index (χ1n) is 9.27. The van der Waals surface area contributed by atoms with Crippen molar-refractivity contribution in [3.63, 3.8) is 0 Å². The molecule has 0 saturated carbocycles. The van der Waals surface area contributed by atoms with Gasteiger partial charge in [0.2, 0.25) is 0 Å². The summed E-state index contributed by atoms with van der Waals surface area (Å²) in [4.78, 5) is 10.4. The lowest BCUT2D eigenvalue weighted by atomic mass is 10.0. The van der Waals surface area contributed by atoms with E-state index in [1.54, 1.807) is 25.3 Å². The van der Waals surface area contributed by atoms with Gasteiger partial charge in [0.05, 0.1) is 30.3 Å². The third-order valence-electron chi connectivity index (χ3n) is 4.28. The third-order valence-corrected chi connectivity index (χ3v) is 4.28. The molecule has 2 aromatic carbocycles. The quantitative estimate of drug-likeness (QED) is 0.175. The van der Waals surface area contributed by atoms with Crippen LogP contribution in [0.4, 0.5) is 5.69 Å². The molecule has 28 heavy (non-hydrogen) atoms. The predicted octanol–water partition coefficient (Wildman–Crippen LogP) is 5.63. The molecule has 6 nitrogen and oxygen atoms in total. The van der Waals surface area contributed by atoms with Crippen LogP contribution in [0.5, 0.6) is 11.5 Å². The first-order chi connectivity index (χ1) is 13.6. The molecule has 0 spiro atoms. The van der Waals surface area contributed by atoms with Crippen molar-refractivity contribution < 1.29 is 14.4 Å². The summed E-state index contributed by atoms with van der Waals surface area (Å²) in [5, 5.41) is 20.4. The lowest BCUT2D eigenvalue weighted by molar-refractivity contribution is -0.384. The fourth-order valence-corrected chi connectivity index (χ4v) is 2.76. The Kier molecular flexibility index (Phi) is 8.04. The number of para-hydroxylation sites is 1. The first kappa shape index (κ1) is 21.0. The van der Waals surface area contributed by atoms with Gasteiger partial charge < -0.3 is 9.47 Å². The molecule has 6 heteroatoms. The molecule has 0 aliphatic heterocycles. The molecule has 0 atom stereocenters. The van der Waals surface area contributed by atoms with Crippen LogP contribution in [0.1, 0.15) is 43.7 Å². The van der Waals surface area contributed by atoms with E-state index in [0.717, 1.165) is 24.8 Å². The molecule has 0 saturated heterocycles. The zero-order valence-corrected chi connectivity index (χ0v) is 16.2. The van der Waals surface area contributed by atoms with Crippen LogP contribution < -0.4 is 9.47 Å². The number of hydrogen-bond acceptors (Lipinski definition) is 5. The molecular formula is C22H24N2O4. The molecular weight excluding hydrogens is 356 g/mol. The summed E-state index contributed by atoms with van der Waals surface area (Å²) in [7, 11) is 1.58. The molecule has 0 aliphatic rings. The third kappa shape index (κ3) is 5.58. The number of nitrogens with zero attached hydrogens (tertiary/aromatic N) is 2. The van der Waals surface area contributed by atoms with Crippen molar-refractivity contribution in [3.8, 4) is 17.6 Å². The number of allylic oxidation sites excluding steroid dienone is 1. The number of ether oxygens (including phenoxy) is 2. The molecule has 0 fully saturated rings. The molecule has 0 radical (unpaired) electrons. The minimum atomic E-state index is -0.466. The fraction of sp³-hybridized carbons (Fsp3) is 0.318. The lowest BCUT2D eigenvalue weighted by Gasteiger charge is -2.14. The van der Waals surface area contributed by atoms with E-state index in [1.807, 2.05) is 18.2 Å². The van der Waals surface area contributed by atoms with Gasteiger partial charge in [0.25, 0.3) is 5.69 Å². The molecule has 0 aliphatic carbocycles. The summed E-state index contributed by atoms with van der Waals surface area (Å²) in [6, 6.07) is 13.6. The van der Waals surface area contributed by atoms with E-state index in [1.165, 1.54) is 18.6 Å². The van der Waals surface area contributed by atoms with Crippen LogP contribution >= 0.6 is 0 Å². The Morgan fingerprint density at radius 1 is 1.18 bits per heavy atom. The van der Waals surface area contributed by atoms with E-state index in [0.29, 0.717) is 29.2 Å². The number of rotatable bonds is 10. The van der Waals surface area contributed by atoms with Gasteiger partial charge in [-0.15, -0.1) is 0 Å². The zero-order chi connectivity index (χ0) is 20.4. The standard InChI is InChI=1S/C22H24N2O4/c1-3-4-5-6-14-28-22-18(8-7-9-21(22)27-2)15-19(16-23)17-10-12-20(13-11-17)24(25)26/h7-13,15H,3-6,14H2,1-2H3. The highest BCUT2D eigenvalue weighted by atomic mass is 16.6. The molecule has 146 valence electrons. The van der Waals surface area contributed by atoms with E-state index in [2.05, 4.69) is 13.0 Å². The Hall–Kier alpha value is -3.33. The highest BCUT2D eigenvalue weighted by Crippen LogP contribution is 2.34. The van der Waals surface area contributed by atoms with Crippen molar-refractivity contribution in [2.24, 2.45) is 0 Å². The summed E-state index contributed by atoms with van der Waals surface area (Å²) in [5.74, 6) is 1.20. The first-order valence-corrected chi connectivity index (χ1v) is 9.27. The topological polar surface area (TPSA) is 85.4 Å². The summed E-state index contributed by atoms with van der Waals surface area (Å²) in [5.41, 5.74) is 1.70. The number of nitriles is 1. The van der Waals surface area contributed by atoms with Crippen LogP contribution in [0.25, 0.3) is 11.6 Å². The van der Waals surface area contributed by atoms with Crippen LogP contribution in [-0.4, -0.2) is 18.6 Å². The molecule has 0 heterocycles. The van der Waals surface area contributed by atoms with Gasteiger partial charge in [0, 0.05) is 17.7 Å². The summed E-state index contributed by atoms with van der Waals surface area (Å²) in [6.45, 7) is 2.73. The average Bonchev–Trinajstić information content (AvgIpc) is 2.72. The van der Waals surface area contributed by atoms with Gasteiger partial charge in [-0.1, -0.05) is 38.3 Å². The van der Waals surface area contributed by atoms with Crippen molar-refractivity contribution in [2.45, 2.75) is 32.6 Å². The van der Waals surface area contributed by atoms with Gasteiger partial charge in [-0.05, 0) is 36.3 Å². The van der Waals surface area contributed by atoms with Crippen LogP contribution in [0.2, 0.25) is 0 Å². The number of benzene rings is 2. The Morgan fingerprint density at radius 3 is 2.54 bits per heavy atom. The highest BCUT2D eigenvalue weighted by molar-refractivity contribution is 5.91. The number of hydrogen-bond donors (Lipinski definition) is 0. The van der Waals surface area contributed by atoms with Crippen LogP contribution in [-0.2, 0) is 0 Å². The number of non-ortho nitro benzene ring substituents is 1. The Morgan fingerprint density at radius 2 is 1.93 bits per heavy atom. The summed E-state index contributed by atoms with van der Waals surface area (Å²) >= 11 is 0. The second-order valence-electron chi connectivity index (χ2n) is 6.26. The zero-order valence-electron chi connectivity index (χ0n) is 16.2. The van der Waals surface area contributed by atoms with Crippen molar-refractivity contribution in [2.75, 3.05) is 13.7 Å². The fourth-order valence-electron chi connectivity index (χ4n) is 2.76.